The van der Waals surface area contributed by atoms with E-state index in [2.05, 4.69) is 10.2 Å². The van der Waals surface area contributed by atoms with Gasteiger partial charge in [-0.15, -0.1) is 10.2 Å². The van der Waals surface area contributed by atoms with Crippen LogP contribution in [-0.2, 0) is 4.79 Å². The van der Waals surface area contributed by atoms with E-state index in [1.54, 1.807) is 12.1 Å². The number of carbonyl (C=O) groups is 1. The van der Waals surface area contributed by atoms with Gasteiger partial charge in [0.25, 0.3) is 0 Å². The Morgan fingerprint density at radius 1 is 1.54 bits per heavy atom. The van der Waals surface area contributed by atoms with Crippen LogP contribution in [0.3, 0.4) is 0 Å². The Labute approximate surface area is 75.2 Å². The summed E-state index contributed by atoms with van der Waals surface area (Å²) < 4.78 is 4.81. The second-order valence-electron chi connectivity index (χ2n) is 2.24. The summed E-state index contributed by atoms with van der Waals surface area (Å²) in [7, 11) is 1.50. The summed E-state index contributed by atoms with van der Waals surface area (Å²) in [6.07, 6.45) is 2.70. The van der Waals surface area contributed by atoms with Crippen molar-refractivity contribution in [2.45, 2.75) is 0 Å². The largest absolute Gasteiger partial charge is 0.480 e. The number of primary amides is 1. The van der Waals surface area contributed by atoms with Gasteiger partial charge in [-0.2, -0.15) is 0 Å². The molecule has 0 aromatic carbocycles. The molecule has 1 aromatic heterocycles. The molecule has 1 rings (SSSR count). The summed E-state index contributed by atoms with van der Waals surface area (Å²) in [4.78, 5) is 10.4. The van der Waals surface area contributed by atoms with Crippen LogP contribution >= 0.6 is 0 Å². The number of hydrogen-bond donors (Lipinski definition) is 1. The Morgan fingerprint density at radius 3 is 2.77 bits per heavy atom. The van der Waals surface area contributed by atoms with Crippen molar-refractivity contribution in [1.82, 2.24) is 10.2 Å². The predicted molar refractivity (Wildman–Crippen MR) is 46.8 cm³/mol. The standard InChI is InChI=1S/C8H9N3O2/c1-13-8-5-3-6(10-11-8)2-4-7(9)12/h2-5H,1H3,(H2,9,12). The van der Waals surface area contributed by atoms with E-state index in [1.807, 2.05) is 0 Å². The van der Waals surface area contributed by atoms with Crippen LogP contribution in [-0.4, -0.2) is 23.2 Å². The lowest BCUT2D eigenvalue weighted by Gasteiger charge is -1.95. The molecule has 2 N–H and O–H groups in total. The molecule has 0 aliphatic heterocycles. The molecule has 5 nitrogen and oxygen atoms in total. The quantitative estimate of drug-likeness (QED) is 0.661. The van der Waals surface area contributed by atoms with E-state index in [0.29, 0.717) is 11.6 Å². The van der Waals surface area contributed by atoms with Crippen molar-refractivity contribution in [2.75, 3.05) is 7.11 Å². The normalized spacial score (nSPS) is 10.2. The van der Waals surface area contributed by atoms with Gasteiger partial charge in [-0.25, -0.2) is 0 Å². The van der Waals surface area contributed by atoms with E-state index >= 15 is 0 Å². The maximum absolute atomic E-state index is 10.4. The van der Waals surface area contributed by atoms with Gasteiger partial charge in [0.05, 0.1) is 12.8 Å². The maximum atomic E-state index is 10.4. The Hall–Kier alpha value is -1.91. The molecule has 68 valence electrons. The van der Waals surface area contributed by atoms with Crippen LogP contribution in [0.15, 0.2) is 18.2 Å². The van der Waals surface area contributed by atoms with E-state index < -0.39 is 5.91 Å². The lowest BCUT2D eigenvalue weighted by atomic mass is 10.3. The molecule has 0 saturated heterocycles. The Balaban J connectivity index is 2.75. The minimum absolute atomic E-state index is 0.427. The van der Waals surface area contributed by atoms with Crippen LogP contribution in [0.25, 0.3) is 6.08 Å². The summed E-state index contributed by atoms with van der Waals surface area (Å²) in [5.74, 6) is -0.0890. The average molecular weight is 179 g/mol. The van der Waals surface area contributed by atoms with Crippen molar-refractivity contribution < 1.29 is 9.53 Å². The Morgan fingerprint density at radius 2 is 2.31 bits per heavy atom. The molecule has 0 aliphatic rings. The number of methoxy groups -OCH3 is 1. The van der Waals surface area contributed by atoms with Gasteiger partial charge in [-0.3, -0.25) is 4.79 Å². The molecular weight excluding hydrogens is 170 g/mol. The molecule has 0 fully saturated rings. The van der Waals surface area contributed by atoms with E-state index in [1.165, 1.54) is 19.3 Å². The summed E-state index contributed by atoms with van der Waals surface area (Å²) >= 11 is 0. The van der Waals surface area contributed by atoms with Crippen LogP contribution in [0, 0.1) is 0 Å². The lowest BCUT2D eigenvalue weighted by Crippen LogP contribution is -2.05. The number of aromatic nitrogens is 2. The molecule has 0 unspecified atom stereocenters. The second kappa shape index (κ2) is 4.20. The topological polar surface area (TPSA) is 78.1 Å². The van der Waals surface area contributed by atoms with Crippen molar-refractivity contribution >= 4 is 12.0 Å². The van der Waals surface area contributed by atoms with Crippen molar-refractivity contribution in [1.29, 1.82) is 0 Å². The van der Waals surface area contributed by atoms with E-state index in [0.717, 1.165) is 0 Å². The minimum atomic E-state index is -0.516. The first-order valence-electron chi connectivity index (χ1n) is 3.57. The molecule has 1 heterocycles. The molecule has 0 radical (unpaired) electrons. The highest BCUT2D eigenvalue weighted by Gasteiger charge is 1.93. The van der Waals surface area contributed by atoms with Crippen molar-refractivity contribution in [2.24, 2.45) is 5.73 Å². The van der Waals surface area contributed by atoms with Crippen molar-refractivity contribution in [3.05, 3.63) is 23.9 Å². The van der Waals surface area contributed by atoms with Crippen LogP contribution in [0.2, 0.25) is 0 Å². The zero-order chi connectivity index (χ0) is 9.68. The highest BCUT2D eigenvalue weighted by atomic mass is 16.5. The lowest BCUT2D eigenvalue weighted by molar-refractivity contribution is -0.113. The molecule has 5 heteroatoms. The van der Waals surface area contributed by atoms with Gasteiger partial charge in [-0.05, 0) is 12.1 Å². The summed E-state index contributed by atoms with van der Waals surface area (Å²) in [5.41, 5.74) is 5.45. The summed E-state index contributed by atoms with van der Waals surface area (Å²) in [6, 6.07) is 3.32. The van der Waals surface area contributed by atoms with Gasteiger partial charge < -0.3 is 10.5 Å². The fourth-order valence-electron chi connectivity index (χ4n) is 0.696. The highest BCUT2D eigenvalue weighted by molar-refractivity contribution is 5.89. The Bertz CT molecular complexity index is 319. The van der Waals surface area contributed by atoms with Gasteiger partial charge in [-0.1, -0.05) is 0 Å². The van der Waals surface area contributed by atoms with Gasteiger partial charge in [0.15, 0.2) is 0 Å². The number of ether oxygens (including phenoxy) is 1. The molecular formula is C8H9N3O2. The third-order valence-electron chi connectivity index (χ3n) is 1.29. The van der Waals surface area contributed by atoms with Gasteiger partial charge in [0, 0.05) is 12.1 Å². The number of rotatable bonds is 3. The third-order valence-corrected chi connectivity index (χ3v) is 1.29. The van der Waals surface area contributed by atoms with Crippen molar-refractivity contribution in [3.63, 3.8) is 0 Å². The number of hydrogen-bond acceptors (Lipinski definition) is 4. The van der Waals surface area contributed by atoms with Crippen LogP contribution in [0.1, 0.15) is 5.69 Å². The molecule has 1 aromatic rings. The Kier molecular flexibility index (Phi) is 2.97. The fourth-order valence-corrected chi connectivity index (χ4v) is 0.696. The maximum Gasteiger partial charge on any atom is 0.241 e. The van der Waals surface area contributed by atoms with Gasteiger partial charge in [0.1, 0.15) is 0 Å². The molecule has 13 heavy (non-hydrogen) atoms. The number of amides is 1. The first kappa shape index (κ1) is 9.18. The second-order valence-corrected chi connectivity index (χ2v) is 2.24. The van der Waals surface area contributed by atoms with E-state index in [-0.39, 0.29) is 0 Å². The van der Waals surface area contributed by atoms with E-state index in [9.17, 15) is 4.79 Å². The summed E-state index contributed by atoms with van der Waals surface area (Å²) in [6.45, 7) is 0. The van der Waals surface area contributed by atoms with Crippen LogP contribution < -0.4 is 10.5 Å². The zero-order valence-corrected chi connectivity index (χ0v) is 7.10. The number of nitrogens with two attached hydrogens (primary N) is 1. The average Bonchev–Trinajstić information content (AvgIpc) is 2.15. The first-order valence-corrected chi connectivity index (χ1v) is 3.57. The molecule has 1 amide bonds. The van der Waals surface area contributed by atoms with Gasteiger partial charge >= 0.3 is 0 Å². The fraction of sp³-hybridized carbons (Fsp3) is 0.125. The van der Waals surface area contributed by atoms with E-state index in [4.69, 9.17) is 10.5 Å². The van der Waals surface area contributed by atoms with Crippen LogP contribution in [0.5, 0.6) is 5.88 Å². The zero-order valence-electron chi connectivity index (χ0n) is 7.10. The molecule has 0 spiro atoms. The number of carbonyl (C=O) groups excluding carboxylic acids is 1. The SMILES string of the molecule is COc1ccc(C=CC(N)=O)nn1. The summed E-state index contributed by atoms with van der Waals surface area (Å²) in [5, 5.41) is 7.45. The minimum Gasteiger partial charge on any atom is -0.480 e. The number of nitrogens with zero attached hydrogens (tertiary/aromatic N) is 2. The third kappa shape index (κ3) is 2.90. The monoisotopic (exact) mass is 179 g/mol. The molecule has 0 atom stereocenters. The first-order chi connectivity index (χ1) is 6.22. The molecule has 0 aliphatic carbocycles. The molecule has 0 saturated carbocycles. The van der Waals surface area contributed by atoms with Crippen LogP contribution in [0.4, 0.5) is 0 Å². The molecule has 0 bridgehead atoms. The predicted octanol–water partition coefficient (Wildman–Crippen LogP) is -0.0163. The van der Waals surface area contributed by atoms with Gasteiger partial charge in [0.2, 0.25) is 11.8 Å². The smallest absolute Gasteiger partial charge is 0.241 e. The van der Waals surface area contributed by atoms with Crippen molar-refractivity contribution in [3.8, 4) is 5.88 Å². The highest BCUT2D eigenvalue weighted by Crippen LogP contribution is 2.04.